The van der Waals surface area contributed by atoms with Crippen molar-refractivity contribution in [3.8, 4) is 0 Å². The maximum absolute atomic E-state index is 5.93. The molecule has 3 rings (SSSR count). The molecule has 5 nitrogen and oxygen atoms in total. The Morgan fingerprint density at radius 3 is 2.73 bits per heavy atom. The summed E-state index contributed by atoms with van der Waals surface area (Å²) in [4.78, 5) is 10.3. The van der Waals surface area contributed by atoms with Gasteiger partial charge in [-0.3, -0.25) is 0 Å². The normalized spacial score (nSPS) is 11.4. The highest BCUT2D eigenvalue weighted by Crippen LogP contribution is 2.25. The zero-order chi connectivity index (χ0) is 17.6. The van der Waals surface area contributed by atoms with Gasteiger partial charge >= 0.3 is 0 Å². The molecule has 0 radical (unpaired) electrons. The number of halogens is 1. The largest absolute Gasteiger partial charge is 0.459 e. The van der Waals surface area contributed by atoms with Crippen molar-refractivity contribution in [1.29, 1.82) is 0 Å². The second-order valence-electron chi connectivity index (χ2n) is 5.88. The SMILES string of the molecule is CCNC(=NCc1oc2ccccc2c1C)NCCc1ncc(C)s1.I. The van der Waals surface area contributed by atoms with Gasteiger partial charge in [0.05, 0.1) is 5.01 Å². The van der Waals surface area contributed by atoms with Gasteiger partial charge in [-0.2, -0.15) is 0 Å². The predicted octanol–water partition coefficient (Wildman–Crippen LogP) is 4.42. The van der Waals surface area contributed by atoms with Crippen LogP contribution in [0, 0.1) is 13.8 Å². The number of nitrogens with one attached hydrogen (secondary N) is 2. The molecular weight excluding hydrogens is 459 g/mol. The fourth-order valence-electron chi connectivity index (χ4n) is 2.67. The fraction of sp³-hybridized carbons (Fsp3) is 0.368. The number of para-hydroxylation sites is 1. The number of guanidine groups is 1. The number of rotatable bonds is 6. The van der Waals surface area contributed by atoms with Gasteiger partial charge in [-0.15, -0.1) is 35.3 Å². The van der Waals surface area contributed by atoms with Gasteiger partial charge in [0, 0.05) is 41.5 Å². The van der Waals surface area contributed by atoms with Crippen LogP contribution in [-0.2, 0) is 13.0 Å². The zero-order valence-corrected chi connectivity index (χ0v) is 18.5. The van der Waals surface area contributed by atoms with Crippen LogP contribution in [0.3, 0.4) is 0 Å². The average Bonchev–Trinajstić information content (AvgIpc) is 3.16. The summed E-state index contributed by atoms with van der Waals surface area (Å²) in [6, 6.07) is 8.10. The minimum Gasteiger partial charge on any atom is -0.459 e. The molecule has 3 aromatic rings. The molecule has 0 spiro atoms. The topological polar surface area (TPSA) is 62.5 Å². The molecule has 0 fully saturated rings. The Kier molecular flexibility index (Phi) is 7.89. The van der Waals surface area contributed by atoms with Gasteiger partial charge in [0.2, 0.25) is 0 Å². The molecule has 140 valence electrons. The van der Waals surface area contributed by atoms with E-state index < -0.39 is 0 Å². The average molecular weight is 484 g/mol. The van der Waals surface area contributed by atoms with E-state index >= 15 is 0 Å². The highest BCUT2D eigenvalue weighted by molar-refractivity contribution is 14.0. The van der Waals surface area contributed by atoms with Crippen LogP contribution < -0.4 is 10.6 Å². The van der Waals surface area contributed by atoms with Crippen LogP contribution in [0.5, 0.6) is 0 Å². The highest BCUT2D eigenvalue weighted by atomic mass is 127. The van der Waals surface area contributed by atoms with E-state index in [-0.39, 0.29) is 24.0 Å². The molecular formula is C19H25IN4OS. The Labute approximate surface area is 175 Å². The van der Waals surface area contributed by atoms with E-state index in [1.165, 1.54) is 4.88 Å². The zero-order valence-electron chi connectivity index (χ0n) is 15.3. The first kappa shape index (κ1) is 20.7. The van der Waals surface area contributed by atoms with Crippen LogP contribution in [0.25, 0.3) is 11.0 Å². The predicted molar refractivity (Wildman–Crippen MR) is 120 cm³/mol. The number of hydrogen-bond acceptors (Lipinski definition) is 4. The van der Waals surface area contributed by atoms with Gasteiger partial charge in [-0.25, -0.2) is 9.98 Å². The third-order valence-corrected chi connectivity index (χ3v) is 4.94. The van der Waals surface area contributed by atoms with E-state index in [1.54, 1.807) is 11.3 Å². The first-order valence-electron chi connectivity index (χ1n) is 8.58. The Balaban J connectivity index is 0.00000243. The summed E-state index contributed by atoms with van der Waals surface area (Å²) in [6.07, 6.45) is 2.82. The number of furan rings is 1. The van der Waals surface area contributed by atoms with E-state index in [0.717, 1.165) is 52.8 Å². The van der Waals surface area contributed by atoms with Gasteiger partial charge in [0.1, 0.15) is 17.9 Å². The fourth-order valence-corrected chi connectivity index (χ4v) is 3.46. The van der Waals surface area contributed by atoms with Crippen LogP contribution in [0.15, 0.2) is 39.9 Å². The van der Waals surface area contributed by atoms with Crippen molar-refractivity contribution in [2.24, 2.45) is 4.99 Å². The van der Waals surface area contributed by atoms with E-state index in [4.69, 9.17) is 4.42 Å². The molecule has 2 aromatic heterocycles. The number of hydrogen-bond donors (Lipinski definition) is 2. The molecule has 26 heavy (non-hydrogen) atoms. The van der Waals surface area contributed by atoms with Crippen molar-refractivity contribution in [3.05, 3.63) is 51.7 Å². The monoisotopic (exact) mass is 484 g/mol. The smallest absolute Gasteiger partial charge is 0.191 e. The number of aromatic nitrogens is 1. The van der Waals surface area contributed by atoms with Crippen LogP contribution in [0.2, 0.25) is 0 Å². The quantitative estimate of drug-likeness (QED) is 0.309. The first-order valence-corrected chi connectivity index (χ1v) is 9.39. The van der Waals surface area contributed by atoms with Crippen LogP contribution in [0.1, 0.15) is 28.1 Å². The van der Waals surface area contributed by atoms with Crippen LogP contribution in [0.4, 0.5) is 0 Å². The number of nitrogens with zero attached hydrogens (tertiary/aromatic N) is 2. The molecule has 0 saturated heterocycles. The van der Waals surface area contributed by atoms with Crippen molar-refractivity contribution >= 4 is 52.2 Å². The molecule has 0 amide bonds. The Hall–Kier alpha value is -1.61. The molecule has 1 aromatic carbocycles. The van der Waals surface area contributed by atoms with Gasteiger partial charge in [0.25, 0.3) is 0 Å². The van der Waals surface area contributed by atoms with E-state index in [2.05, 4.69) is 47.4 Å². The molecule has 0 aliphatic heterocycles. The standard InChI is InChI=1S/C19H24N4OS.HI/c1-4-20-19(21-10-9-18-22-11-13(2)25-18)23-12-17-14(3)15-7-5-6-8-16(15)24-17;/h5-8,11H,4,9-10,12H2,1-3H3,(H2,20,21,23);1H. The molecule has 0 saturated carbocycles. The van der Waals surface area contributed by atoms with Crippen molar-refractivity contribution in [2.75, 3.05) is 13.1 Å². The summed E-state index contributed by atoms with van der Waals surface area (Å²) in [5, 5.41) is 8.95. The maximum atomic E-state index is 5.93. The number of thiazole rings is 1. The lowest BCUT2D eigenvalue weighted by atomic mass is 10.1. The molecule has 2 N–H and O–H groups in total. The summed E-state index contributed by atoms with van der Waals surface area (Å²) in [7, 11) is 0. The number of fused-ring (bicyclic) bond motifs is 1. The number of aryl methyl sites for hydroxylation is 2. The lowest BCUT2D eigenvalue weighted by molar-refractivity contribution is 0.548. The molecule has 0 bridgehead atoms. The summed E-state index contributed by atoms with van der Waals surface area (Å²) in [5.41, 5.74) is 2.08. The summed E-state index contributed by atoms with van der Waals surface area (Å²) in [6.45, 7) is 8.37. The molecule has 0 aliphatic carbocycles. The Morgan fingerprint density at radius 1 is 1.23 bits per heavy atom. The van der Waals surface area contributed by atoms with Crippen LogP contribution >= 0.6 is 35.3 Å². The number of aliphatic imine (C=N–C) groups is 1. The minimum absolute atomic E-state index is 0. The van der Waals surface area contributed by atoms with E-state index in [1.807, 2.05) is 24.4 Å². The second-order valence-corrected chi connectivity index (χ2v) is 7.20. The van der Waals surface area contributed by atoms with Gasteiger partial charge < -0.3 is 15.1 Å². The number of benzene rings is 1. The van der Waals surface area contributed by atoms with Crippen molar-refractivity contribution in [1.82, 2.24) is 15.6 Å². The highest BCUT2D eigenvalue weighted by Gasteiger charge is 2.09. The van der Waals surface area contributed by atoms with Gasteiger partial charge in [-0.1, -0.05) is 18.2 Å². The van der Waals surface area contributed by atoms with Crippen molar-refractivity contribution in [3.63, 3.8) is 0 Å². The molecule has 0 aliphatic rings. The summed E-state index contributed by atoms with van der Waals surface area (Å²) < 4.78 is 5.93. The van der Waals surface area contributed by atoms with Crippen molar-refractivity contribution in [2.45, 2.75) is 33.7 Å². The van der Waals surface area contributed by atoms with Crippen molar-refractivity contribution < 1.29 is 4.42 Å². The summed E-state index contributed by atoms with van der Waals surface area (Å²) in [5.74, 6) is 1.71. The lowest BCUT2D eigenvalue weighted by Crippen LogP contribution is -2.38. The molecule has 7 heteroatoms. The molecule has 2 heterocycles. The maximum Gasteiger partial charge on any atom is 0.191 e. The third-order valence-electron chi connectivity index (χ3n) is 3.97. The van der Waals surface area contributed by atoms with E-state index in [9.17, 15) is 0 Å². The first-order chi connectivity index (χ1) is 12.2. The van der Waals surface area contributed by atoms with Crippen LogP contribution in [-0.4, -0.2) is 24.0 Å². The lowest BCUT2D eigenvalue weighted by Gasteiger charge is -2.10. The molecule has 0 unspecified atom stereocenters. The van der Waals surface area contributed by atoms with Gasteiger partial charge in [-0.05, 0) is 26.8 Å². The second kappa shape index (κ2) is 9.91. The van der Waals surface area contributed by atoms with Gasteiger partial charge in [0.15, 0.2) is 5.96 Å². The Morgan fingerprint density at radius 2 is 2.04 bits per heavy atom. The van der Waals surface area contributed by atoms with E-state index in [0.29, 0.717) is 6.54 Å². The summed E-state index contributed by atoms with van der Waals surface area (Å²) >= 11 is 1.74. The minimum atomic E-state index is 0. The third kappa shape index (κ3) is 5.20. The molecule has 0 atom stereocenters. The Bertz CT molecular complexity index is 871.